The van der Waals surface area contributed by atoms with E-state index in [1.165, 1.54) is 5.69 Å². The smallest absolute Gasteiger partial charge is 0.0730 e. The average Bonchev–Trinajstić information content (AvgIpc) is 2.86. The lowest BCUT2D eigenvalue weighted by Gasteiger charge is -2.29. The van der Waals surface area contributed by atoms with Crippen LogP contribution in [0.1, 0.15) is 19.3 Å². The summed E-state index contributed by atoms with van der Waals surface area (Å²) in [5, 5.41) is 11.7. The van der Waals surface area contributed by atoms with Crippen molar-refractivity contribution in [3.05, 3.63) is 54.6 Å². The van der Waals surface area contributed by atoms with Crippen molar-refractivity contribution in [1.82, 2.24) is 15.6 Å². The normalized spacial score (nSPS) is 15.1. The second-order valence-electron chi connectivity index (χ2n) is 8.49. The summed E-state index contributed by atoms with van der Waals surface area (Å²) in [5.74, 6) is 0. The fourth-order valence-electron chi connectivity index (χ4n) is 4.41. The van der Waals surface area contributed by atoms with Crippen LogP contribution >= 0.6 is 0 Å². The van der Waals surface area contributed by atoms with Gasteiger partial charge in [0.1, 0.15) is 0 Å². The van der Waals surface area contributed by atoms with Gasteiger partial charge >= 0.3 is 0 Å². The first-order valence-corrected chi connectivity index (χ1v) is 11.9. The van der Waals surface area contributed by atoms with Crippen molar-refractivity contribution >= 4 is 22.3 Å². The summed E-state index contributed by atoms with van der Waals surface area (Å²) >= 11 is 0. The zero-order valence-electron chi connectivity index (χ0n) is 19.1. The van der Waals surface area contributed by atoms with E-state index in [0.717, 1.165) is 86.4 Å². The number of fused-ring (bicyclic) bond motifs is 1. The van der Waals surface area contributed by atoms with E-state index >= 15 is 0 Å². The number of rotatable bonds is 10. The first kappa shape index (κ1) is 22.5. The molecule has 170 valence electrons. The molecule has 4 rings (SSSR count). The van der Waals surface area contributed by atoms with Gasteiger partial charge < -0.3 is 26.6 Å². The summed E-state index contributed by atoms with van der Waals surface area (Å²) in [4.78, 5) is 7.39. The van der Waals surface area contributed by atoms with E-state index in [-0.39, 0.29) is 0 Å². The Morgan fingerprint density at radius 1 is 1.06 bits per heavy atom. The van der Waals surface area contributed by atoms with Crippen LogP contribution in [0.4, 0.5) is 11.4 Å². The van der Waals surface area contributed by atoms with Crippen LogP contribution in [-0.2, 0) is 0 Å². The maximum Gasteiger partial charge on any atom is 0.0730 e. The van der Waals surface area contributed by atoms with Crippen molar-refractivity contribution < 1.29 is 0 Å². The molecule has 1 fully saturated rings. The molecule has 1 aliphatic heterocycles. The van der Waals surface area contributed by atoms with Crippen LogP contribution in [0.2, 0.25) is 0 Å². The van der Waals surface area contributed by atoms with Crippen LogP contribution in [0, 0.1) is 0 Å². The van der Waals surface area contributed by atoms with E-state index in [1.807, 2.05) is 7.05 Å². The molecule has 32 heavy (non-hydrogen) atoms. The largest absolute Gasteiger partial charge is 0.384 e. The quantitative estimate of drug-likeness (QED) is 0.393. The van der Waals surface area contributed by atoms with Crippen LogP contribution in [0.25, 0.3) is 22.2 Å². The van der Waals surface area contributed by atoms with Gasteiger partial charge in [-0.15, -0.1) is 0 Å². The number of nitrogens with one attached hydrogen (secondary N) is 3. The van der Waals surface area contributed by atoms with Gasteiger partial charge in [0.25, 0.3) is 0 Å². The van der Waals surface area contributed by atoms with Gasteiger partial charge in [0.2, 0.25) is 0 Å². The standard InChI is InChI=1S/C26H36N6/c1-28-21(5-4-13-27)12-14-30-26-19-25(31-24-7-3-2-6-23(24)26)20-8-10-22(11-9-20)32-17-15-29-16-18-32/h2-3,6-11,19,21,28-29H,4-5,12-18,27H2,1H3,(H,30,31). The third-order valence-electron chi connectivity index (χ3n) is 6.33. The highest BCUT2D eigenvalue weighted by Gasteiger charge is 2.12. The molecule has 1 unspecified atom stereocenters. The molecule has 5 N–H and O–H groups in total. The van der Waals surface area contributed by atoms with Gasteiger partial charge in [-0.05, 0) is 57.1 Å². The molecular weight excluding hydrogens is 396 g/mol. The minimum Gasteiger partial charge on any atom is -0.384 e. The second-order valence-corrected chi connectivity index (χ2v) is 8.49. The predicted octanol–water partition coefficient (Wildman–Crippen LogP) is 3.44. The van der Waals surface area contributed by atoms with Gasteiger partial charge in [-0.25, -0.2) is 4.98 Å². The molecule has 1 saturated heterocycles. The van der Waals surface area contributed by atoms with Crippen LogP contribution in [0.5, 0.6) is 0 Å². The SMILES string of the molecule is CNC(CCCN)CCNc1cc(-c2ccc(N3CCNCC3)cc2)nc2ccccc12. The zero-order valence-corrected chi connectivity index (χ0v) is 19.1. The summed E-state index contributed by atoms with van der Waals surface area (Å²) < 4.78 is 0. The zero-order chi connectivity index (χ0) is 22.2. The third-order valence-corrected chi connectivity index (χ3v) is 6.33. The van der Waals surface area contributed by atoms with E-state index in [0.29, 0.717) is 6.04 Å². The van der Waals surface area contributed by atoms with Crippen molar-refractivity contribution in [2.75, 3.05) is 56.5 Å². The number of hydrogen-bond donors (Lipinski definition) is 4. The number of piperazine rings is 1. The first-order valence-electron chi connectivity index (χ1n) is 11.9. The maximum absolute atomic E-state index is 5.68. The second kappa shape index (κ2) is 11.3. The molecule has 0 radical (unpaired) electrons. The Labute approximate surface area is 191 Å². The van der Waals surface area contributed by atoms with Crippen LogP contribution in [0.15, 0.2) is 54.6 Å². The molecular formula is C26H36N6. The lowest BCUT2D eigenvalue weighted by Crippen LogP contribution is -2.43. The van der Waals surface area contributed by atoms with E-state index < -0.39 is 0 Å². The van der Waals surface area contributed by atoms with Crippen molar-refractivity contribution in [3.63, 3.8) is 0 Å². The molecule has 2 aromatic carbocycles. The Hall–Kier alpha value is -2.67. The van der Waals surface area contributed by atoms with E-state index in [9.17, 15) is 0 Å². The number of nitrogens with zero attached hydrogens (tertiary/aromatic N) is 2. The Balaban J connectivity index is 1.52. The van der Waals surface area contributed by atoms with Gasteiger partial charge in [-0.3, -0.25) is 0 Å². The molecule has 2 heterocycles. The summed E-state index contributed by atoms with van der Waals surface area (Å²) in [6.07, 6.45) is 3.22. The Morgan fingerprint density at radius 3 is 2.59 bits per heavy atom. The van der Waals surface area contributed by atoms with Crippen LogP contribution in [0.3, 0.4) is 0 Å². The molecule has 3 aromatic rings. The lowest BCUT2D eigenvalue weighted by atomic mass is 10.1. The minimum absolute atomic E-state index is 0.483. The number of para-hydroxylation sites is 1. The van der Waals surface area contributed by atoms with Crippen molar-refractivity contribution in [3.8, 4) is 11.3 Å². The molecule has 0 amide bonds. The van der Waals surface area contributed by atoms with Crippen LogP contribution < -0.4 is 26.6 Å². The summed E-state index contributed by atoms with van der Waals surface area (Å²) in [5.41, 5.74) is 11.3. The van der Waals surface area contributed by atoms with E-state index in [1.54, 1.807) is 0 Å². The number of pyridine rings is 1. The first-order chi connectivity index (χ1) is 15.8. The molecule has 1 aliphatic rings. The Kier molecular flexibility index (Phi) is 7.93. The number of hydrogen-bond acceptors (Lipinski definition) is 6. The highest BCUT2D eigenvalue weighted by atomic mass is 15.2. The van der Waals surface area contributed by atoms with Gasteiger partial charge in [0.15, 0.2) is 0 Å². The monoisotopic (exact) mass is 432 g/mol. The van der Waals surface area contributed by atoms with Crippen molar-refractivity contribution in [2.24, 2.45) is 5.73 Å². The summed E-state index contributed by atoms with van der Waals surface area (Å²) in [6, 6.07) is 19.9. The number of anilines is 2. The topological polar surface area (TPSA) is 78.2 Å². The summed E-state index contributed by atoms with van der Waals surface area (Å²) in [6.45, 7) is 5.86. The molecule has 1 aromatic heterocycles. The fourth-order valence-corrected chi connectivity index (χ4v) is 4.41. The Bertz CT molecular complexity index is 981. The fraction of sp³-hybridized carbons (Fsp3) is 0.423. The highest BCUT2D eigenvalue weighted by Crippen LogP contribution is 2.29. The van der Waals surface area contributed by atoms with Gasteiger partial charge in [-0.1, -0.05) is 30.3 Å². The molecule has 6 nitrogen and oxygen atoms in total. The van der Waals surface area contributed by atoms with Crippen molar-refractivity contribution in [1.29, 1.82) is 0 Å². The number of benzene rings is 2. The minimum atomic E-state index is 0.483. The average molecular weight is 433 g/mol. The van der Waals surface area contributed by atoms with Gasteiger partial charge in [0.05, 0.1) is 11.2 Å². The van der Waals surface area contributed by atoms with Gasteiger partial charge in [-0.2, -0.15) is 0 Å². The van der Waals surface area contributed by atoms with Gasteiger partial charge in [0, 0.05) is 61.1 Å². The predicted molar refractivity (Wildman–Crippen MR) is 137 cm³/mol. The van der Waals surface area contributed by atoms with E-state index in [2.05, 4.69) is 75.4 Å². The van der Waals surface area contributed by atoms with Crippen molar-refractivity contribution in [2.45, 2.75) is 25.3 Å². The lowest BCUT2D eigenvalue weighted by molar-refractivity contribution is 0.487. The maximum atomic E-state index is 5.68. The number of nitrogens with two attached hydrogens (primary N) is 1. The van der Waals surface area contributed by atoms with E-state index in [4.69, 9.17) is 10.7 Å². The highest BCUT2D eigenvalue weighted by molar-refractivity contribution is 5.93. The Morgan fingerprint density at radius 2 is 1.84 bits per heavy atom. The summed E-state index contributed by atoms with van der Waals surface area (Å²) in [7, 11) is 2.03. The molecule has 1 atom stereocenters. The third kappa shape index (κ3) is 5.57. The van der Waals surface area contributed by atoms with Crippen LogP contribution in [-0.4, -0.2) is 57.3 Å². The number of aromatic nitrogens is 1. The molecule has 0 aliphatic carbocycles. The molecule has 0 saturated carbocycles. The molecule has 6 heteroatoms. The molecule has 0 bridgehead atoms. The molecule has 0 spiro atoms.